The van der Waals surface area contributed by atoms with E-state index < -0.39 is 11.9 Å². The van der Waals surface area contributed by atoms with Crippen molar-refractivity contribution in [3.05, 3.63) is 0 Å². The van der Waals surface area contributed by atoms with E-state index in [9.17, 15) is 14.7 Å². The van der Waals surface area contributed by atoms with Gasteiger partial charge in [0.1, 0.15) is 5.92 Å². The van der Waals surface area contributed by atoms with E-state index in [1.54, 1.807) is 16.8 Å². The van der Waals surface area contributed by atoms with Gasteiger partial charge in [0.2, 0.25) is 0 Å². The molecule has 0 aromatic rings. The molecule has 2 atom stereocenters. The van der Waals surface area contributed by atoms with Crippen LogP contribution >= 0.6 is 0 Å². The van der Waals surface area contributed by atoms with Crippen LogP contribution in [0.25, 0.3) is 0 Å². The van der Waals surface area contributed by atoms with Crippen LogP contribution in [0.1, 0.15) is 38.5 Å². The molecular formula is C15H26N2O4. The molecule has 2 rings (SSSR count). The predicted octanol–water partition coefficient (Wildman–Crippen LogP) is 1.79. The van der Waals surface area contributed by atoms with Gasteiger partial charge in [-0.25, -0.2) is 4.79 Å². The van der Waals surface area contributed by atoms with Gasteiger partial charge in [0.05, 0.1) is 19.3 Å². The third-order valence-electron chi connectivity index (χ3n) is 4.84. The van der Waals surface area contributed by atoms with Gasteiger partial charge in [-0.05, 0) is 12.8 Å². The summed E-state index contributed by atoms with van der Waals surface area (Å²) in [5, 5.41) is 9.21. The summed E-state index contributed by atoms with van der Waals surface area (Å²) in [6.07, 6.45) is 6.89. The summed E-state index contributed by atoms with van der Waals surface area (Å²) in [5.74, 6) is -1.52. The van der Waals surface area contributed by atoms with Crippen molar-refractivity contribution in [3.63, 3.8) is 0 Å². The first-order chi connectivity index (χ1) is 10.0. The third kappa shape index (κ3) is 3.67. The molecule has 1 N–H and O–H groups in total. The lowest BCUT2D eigenvalue weighted by Gasteiger charge is -2.34. The van der Waals surface area contributed by atoms with Crippen molar-refractivity contribution in [2.45, 2.75) is 50.6 Å². The number of ether oxygens (including phenoxy) is 1. The van der Waals surface area contributed by atoms with E-state index in [2.05, 4.69) is 0 Å². The number of nitrogens with zero attached hydrogens (tertiary/aromatic N) is 2. The zero-order valence-corrected chi connectivity index (χ0v) is 13.0. The third-order valence-corrected chi connectivity index (χ3v) is 4.84. The molecule has 2 aliphatic rings. The molecule has 0 aromatic carbocycles. The number of amides is 2. The number of likely N-dealkylation sites (N-methyl/N-ethyl adjacent to an activating group) is 1. The van der Waals surface area contributed by atoms with Crippen molar-refractivity contribution in [1.82, 2.24) is 9.80 Å². The second-order valence-corrected chi connectivity index (χ2v) is 6.20. The normalized spacial score (nSPS) is 27.1. The highest BCUT2D eigenvalue weighted by atomic mass is 16.5. The Bertz CT molecular complexity index is 380. The Morgan fingerprint density at radius 3 is 2.19 bits per heavy atom. The number of carboxylic acid groups (broad SMARTS) is 1. The van der Waals surface area contributed by atoms with Gasteiger partial charge in [-0.2, -0.15) is 0 Å². The van der Waals surface area contributed by atoms with E-state index in [1.807, 2.05) is 7.05 Å². The maximum Gasteiger partial charge on any atom is 0.320 e. The molecule has 2 amide bonds. The average molecular weight is 298 g/mol. The highest BCUT2D eigenvalue weighted by molar-refractivity contribution is 5.77. The molecule has 0 aromatic heterocycles. The van der Waals surface area contributed by atoms with Crippen molar-refractivity contribution in [2.24, 2.45) is 5.92 Å². The Morgan fingerprint density at radius 2 is 1.62 bits per heavy atom. The van der Waals surface area contributed by atoms with Crippen LogP contribution in [-0.2, 0) is 9.53 Å². The molecule has 2 fully saturated rings. The van der Waals surface area contributed by atoms with Gasteiger partial charge >= 0.3 is 12.0 Å². The number of carbonyl (C=O) groups excluding carboxylic acids is 1. The molecule has 0 bridgehead atoms. The fourth-order valence-corrected chi connectivity index (χ4v) is 3.35. The number of hydrogen-bond acceptors (Lipinski definition) is 3. The summed E-state index contributed by atoms with van der Waals surface area (Å²) in [6.45, 7) is 0.489. The Kier molecular flexibility index (Phi) is 5.45. The van der Waals surface area contributed by atoms with E-state index in [4.69, 9.17) is 4.74 Å². The summed E-state index contributed by atoms with van der Waals surface area (Å²) >= 11 is 0. The SMILES string of the molecule is CN(C(=O)N(C)C1COCC1C(=O)O)C1CCCCCC1. The van der Waals surface area contributed by atoms with Crippen LogP contribution in [0, 0.1) is 5.92 Å². The minimum absolute atomic E-state index is 0.0938. The van der Waals surface area contributed by atoms with Gasteiger partial charge in [-0.15, -0.1) is 0 Å². The zero-order chi connectivity index (χ0) is 15.4. The molecular weight excluding hydrogens is 272 g/mol. The fraction of sp³-hybridized carbons (Fsp3) is 0.867. The number of aliphatic carboxylic acids is 1. The highest BCUT2D eigenvalue weighted by Gasteiger charge is 2.39. The van der Waals surface area contributed by atoms with Crippen molar-refractivity contribution >= 4 is 12.0 Å². The summed E-state index contributed by atoms with van der Waals surface area (Å²) in [5.41, 5.74) is 0. The molecule has 6 nitrogen and oxygen atoms in total. The lowest BCUT2D eigenvalue weighted by Crippen LogP contribution is -2.51. The Balaban J connectivity index is 1.98. The molecule has 1 aliphatic heterocycles. The van der Waals surface area contributed by atoms with Crippen LogP contribution in [0.5, 0.6) is 0 Å². The average Bonchev–Trinajstić information content (AvgIpc) is 2.81. The van der Waals surface area contributed by atoms with E-state index in [0.29, 0.717) is 6.61 Å². The van der Waals surface area contributed by atoms with Crippen LogP contribution in [0.3, 0.4) is 0 Å². The highest BCUT2D eigenvalue weighted by Crippen LogP contribution is 2.24. The Labute approximate surface area is 126 Å². The maximum absolute atomic E-state index is 12.6. The second-order valence-electron chi connectivity index (χ2n) is 6.20. The Hall–Kier alpha value is -1.30. The largest absolute Gasteiger partial charge is 0.481 e. The number of hydrogen-bond donors (Lipinski definition) is 1. The molecule has 6 heteroatoms. The first kappa shape index (κ1) is 16.1. The molecule has 120 valence electrons. The van der Waals surface area contributed by atoms with Crippen LogP contribution in [0.15, 0.2) is 0 Å². The van der Waals surface area contributed by atoms with Gasteiger partial charge in [-0.3, -0.25) is 4.79 Å². The first-order valence-electron chi connectivity index (χ1n) is 7.82. The van der Waals surface area contributed by atoms with E-state index >= 15 is 0 Å². The minimum atomic E-state index is -0.894. The molecule has 0 radical (unpaired) electrons. The predicted molar refractivity (Wildman–Crippen MR) is 78.1 cm³/mol. The van der Waals surface area contributed by atoms with E-state index in [-0.39, 0.29) is 24.7 Å². The number of rotatable bonds is 3. The van der Waals surface area contributed by atoms with Crippen LogP contribution in [0.4, 0.5) is 4.79 Å². The van der Waals surface area contributed by atoms with Gasteiger partial charge < -0.3 is 19.6 Å². The molecule has 0 spiro atoms. The quantitative estimate of drug-likeness (QED) is 0.807. The van der Waals surface area contributed by atoms with Gasteiger partial charge in [-0.1, -0.05) is 25.7 Å². The summed E-state index contributed by atoms with van der Waals surface area (Å²) < 4.78 is 5.25. The number of urea groups is 1. The molecule has 1 saturated carbocycles. The lowest BCUT2D eigenvalue weighted by molar-refractivity contribution is -0.142. The minimum Gasteiger partial charge on any atom is -0.481 e. The van der Waals surface area contributed by atoms with E-state index in [0.717, 1.165) is 25.7 Å². The van der Waals surface area contributed by atoms with Gasteiger partial charge in [0.15, 0.2) is 0 Å². The topological polar surface area (TPSA) is 70.1 Å². The molecule has 1 heterocycles. The fourth-order valence-electron chi connectivity index (χ4n) is 3.35. The summed E-state index contributed by atoms with van der Waals surface area (Å²) in [6, 6.07) is -0.195. The maximum atomic E-state index is 12.6. The Morgan fingerprint density at radius 1 is 1.00 bits per heavy atom. The monoisotopic (exact) mass is 298 g/mol. The lowest BCUT2D eigenvalue weighted by atomic mass is 10.0. The van der Waals surface area contributed by atoms with Crippen LogP contribution in [-0.4, -0.2) is 66.3 Å². The van der Waals surface area contributed by atoms with Gasteiger partial charge in [0, 0.05) is 20.1 Å². The first-order valence-corrected chi connectivity index (χ1v) is 7.82. The van der Waals surface area contributed by atoms with Crippen molar-refractivity contribution in [1.29, 1.82) is 0 Å². The van der Waals surface area contributed by atoms with Crippen molar-refractivity contribution in [3.8, 4) is 0 Å². The molecule has 2 unspecified atom stereocenters. The zero-order valence-electron chi connectivity index (χ0n) is 13.0. The van der Waals surface area contributed by atoms with Crippen LogP contribution < -0.4 is 0 Å². The van der Waals surface area contributed by atoms with Gasteiger partial charge in [0.25, 0.3) is 0 Å². The molecule has 21 heavy (non-hydrogen) atoms. The molecule has 1 saturated heterocycles. The standard InChI is InChI=1S/C15H26N2O4/c1-16(11-7-5-3-4-6-8-11)15(20)17(2)13-10-21-9-12(13)14(18)19/h11-13H,3-10H2,1-2H3,(H,18,19). The smallest absolute Gasteiger partial charge is 0.320 e. The van der Waals surface area contributed by atoms with Crippen molar-refractivity contribution < 1.29 is 19.4 Å². The summed E-state index contributed by atoms with van der Waals surface area (Å²) in [4.78, 5) is 27.2. The van der Waals surface area contributed by atoms with E-state index in [1.165, 1.54) is 12.8 Å². The number of carbonyl (C=O) groups is 2. The second kappa shape index (κ2) is 7.11. The van der Waals surface area contributed by atoms with Crippen LogP contribution in [0.2, 0.25) is 0 Å². The number of carboxylic acids is 1. The van der Waals surface area contributed by atoms with Crippen molar-refractivity contribution in [2.75, 3.05) is 27.3 Å². The summed E-state index contributed by atoms with van der Waals surface area (Å²) in [7, 11) is 3.52. The molecule has 1 aliphatic carbocycles.